The second-order valence-corrected chi connectivity index (χ2v) is 7.00. The molecule has 0 fully saturated rings. The van der Waals surface area contributed by atoms with Gasteiger partial charge in [-0.25, -0.2) is 0 Å². The Morgan fingerprint density at radius 2 is 2.04 bits per heavy atom. The van der Waals surface area contributed by atoms with Crippen molar-refractivity contribution in [3.63, 3.8) is 0 Å². The summed E-state index contributed by atoms with van der Waals surface area (Å²) in [6.45, 7) is 4.60. The van der Waals surface area contributed by atoms with Crippen LogP contribution in [0.2, 0.25) is 5.02 Å². The highest BCUT2D eigenvalue weighted by molar-refractivity contribution is 7.99. The summed E-state index contributed by atoms with van der Waals surface area (Å²) in [5.41, 5.74) is 4.27. The average molecular weight is 352 g/mol. The van der Waals surface area contributed by atoms with Gasteiger partial charge in [-0.2, -0.15) is 5.10 Å². The number of carbonyl (C=O) groups excluding carboxylic acids is 1. The van der Waals surface area contributed by atoms with Gasteiger partial charge in [-0.3, -0.25) is 9.48 Å². The summed E-state index contributed by atoms with van der Waals surface area (Å²) < 4.78 is 1.86. The van der Waals surface area contributed by atoms with Crippen LogP contribution >= 0.6 is 23.4 Å². The highest BCUT2D eigenvalue weighted by Gasteiger charge is 2.15. The van der Waals surface area contributed by atoms with Crippen LogP contribution in [-0.2, 0) is 24.1 Å². The molecule has 0 saturated heterocycles. The summed E-state index contributed by atoms with van der Waals surface area (Å²) in [6, 6.07) is 7.74. The lowest BCUT2D eigenvalue weighted by Gasteiger charge is -2.17. The molecule has 23 heavy (non-hydrogen) atoms. The fourth-order valence-electron chi connectivity index (χ4n) is 2.35. The van der Waals surface area contributed by atoms with E-state index >= 15 is 0 Å². The maximum atomic E-state index is 12.3. The first-order chi connectivity index (χ1) is 10.9. The van der Waals surface area contributed by atoms with Crippen LogP contribution in [0.1, 0.15) is 22.5 Å². The quantitative estimate of drug-likeness (QED) is 0.798. The van der Waals surface area contributed by atoms with Crippen molar-refractivity contribution in [2.75, 3.05) is 12.8 Å². The number of benzene rings is 1. The Labute approximate surface area is 146 Å². The molecular formula is C17H22ClN3OS. The number of aromatic nitrogens is 2. The summed E-state index contributed by atoms with van der Waals surface area (Å²) in [5.74, 6) is 1.30. The molecule has 4 nitrogen and oxygen atoms in total. The minimum Gasteiger partial charge on any atom is -0.341 e. The highest BCUT2D eigenvalue weighted by atomic mass is 35.5. The number of hydrogen-bond acceptors (Lipinski definition) is 3. The molecule has 0 saturated carbocycles. The third-order valence-corrected chi connectivity index (χ3v) is 5.26. The first-order valence-corrected chi connectivity index (χ1v) is 8.97. The molecule has 0 unspecified atom stereocenters. The lowest BCUT2D eigenvalue weighted by molar-refractivity contribution is -0.127. The fraction of sp³-hybridized carbons (Fsp3) is 0.412. The molecule has 0 spiro atoms. The SMILES string of the molecule is Cc1nn(C)c(C)c1CN(C)C(=O)CSCc1ccccc1Cl. The van der Waals surface area contributed by atoms with Crippen LogP contribution in [0.4, 0.5) is 0 Å². The van der Waals surface area contributed by atoms with Gasteiger partial charge in [-0.15, -0.1) is 11.8 Å². The van der Waals surface area contributed by atoms with Crippen LogP contribution in [0, 0.1) is 13.8 Å². The fourth-order valence-corrected chi connectivity index (χ4v) is 3.60. The van der Waals surface area contributed by atoms with Crippen LogP contribution in [0.15, 0.2) is 24.3 Å². The van der Waals surface area contributed by atoms with Crippen molar-refractivity contribution in [2.24, 2.45) is 7.05 Å². The molecule has 6 heteroatoms. The van der Waals surface area contributed by atoms with Gasteiger partial charge in [-0.1, -0.05) is 29.8 Å². The Morgan fingerprint density at radius 1 is 1.35 bits per heavy atom. The predicted octanol–water partition coefficient (Wildman–Crippen LogP) is 3.58. The third-order valence-electron chi connectivity index (χ3n) is 3.92. The first kappa shape index (κ1) is 17.9. The number of rotatable bonds is 6. The van der Waals surface area contributed by atoms with E-state index in [-0.39, 0.29) is 5.91 Å². The van der Waals surface area contributed by atoms with Crippen molar-refractivity contribution in [1.82, 2.24) is 14.7 Å². The Bertz CT molecular complexity index is 699. The molecule has 0 N–H and O–H groups in total. The van der Waals surface area contributed by atoms with Gasteiger partial charge in [0.1, 0.15) is 0 Å². The highest BCUT2D eigenvalue weighted by Crippen LogP contribution is 2.21. The van der Waals surface area contributed by atoms with Crippen molar-refractivity contribution in [2.45, 2.75) is 26.1 Å². The molecule has 124 valence electrons. The standard InChI is InChI=1S/C17H22ClN3OS/c1-12-15(13(2)21(4)19-12)9-20(3)17(22)11-23-10-14-7-5-6-8-16(14)18/h5-8H,9-11H2,1-4H3. The summed E-state index contributed by atoms with van der Waals surface area (Å²) >= 11 is 7.71. The predicted molar refractivity (Wildman–Crippen MR) is 96.8 cm³/mol. The molecule has 0 aliphatic carbocycles. The summed E-state index contributed by atoms with van der Waals surface area (Å²) in [6.07, 6.45) is 0. The van der Waals surface area contributed by atoms with E-state index in [9.17, 15) is 4.79 Å². The summed E-state index contributed by atoms with van der Waals surface area (Å²) in [5, 5.41) is 5.15. The largest absolute Gasteiger partial charge is 0.341 e. The smallest absolute Gasteiger partial charge is 0.232 e. The lowest BCUT2D eigenvalue weighted by Crippen LogP contribution is -2.28. The lowest BCUT2D eigenvalue weighted by atomic mass is 10.2. The van der Waals surface area contributed by atoms with Crippen molar-refractivity contribution >= 4 is 29.3 Å². The zero-order chi connectivity index (χ0) is 17.0. The van der Waals surface area contributed by atoms with E-state index in [0.717, 1.165) is 33.3 Å². The molecule has 1 aromatic carbocycles. The van der Waals surface area contributed by atoms with Crippen molar-refractivity contribution < 1.29 is 4.79 Å². The molecule has 2 rings (SSSR count). The van der Waals surface area contributed by atoms with E-state index in [2.05, 4.69) is 5.10 Å². The summed E-state index contributed by atoms with van der Waals surface area (Å²) in [7, 11) is 3.76. The number of amides is 1. The van der Waals surface area contributed by atoms with Crippen LogP contribution in [0.25, 0.3) is 0 Å². The van der Waals surface area contributed by atoms with E-state index in [1.807, 2.05) is 56.9 Å². The molecule has 1 aromatic heterocycles. The van der Waals surface area contributed by atoms with Gasteiger partial charge in [0.25, 0.3) is 0 Å². The Kier molecular flexibility index (Phi) is 6.13. The van der Waals surface area contributed by atoms with Crippen LogP contribution in [0.5, 0.6) is 0 Å². The molecule has 1 heterocycles. The van der Waals surface area contributed by atoms with E-state index in [1.165, 1.54) is 0 Å². The second kappa shape index (κ2) is 7.88. The molecule has 2 aromatic rings. The molecule has 0 bridgehead atoms. The van der Waals surface area contributed by atoms with E-state index in [0.29, 0.717) is 12.3 Å². The summed E-state index contributed by atoms with van der Waals surface area (Å²) in [4.78, 5) is 14.1. The zero-order valence-corrected chi connectivity index (χ0v) is 15.5. The molecule has 0 aliphatic heterocycles. The number of thioether (sulfide) groups is 1. The zero-order valence-electron chi connectivity index (χ0n) is 14.0. The van der Waals surface area contributed by atoms with Crippen molar-refractivity contribution in [3.8, 4) is 0 Å². The molecule has 0 atom stereocenters. The van der Waals surface area contributed by atoms with Gasteiger partial charge in [0.15, 0.2) is 0 Å². The van der Waals surface area contributed by atoms with Gasteiger partial charge >= 0.3 is 0 Å². The van der Waals surface area contributed by atoms with Gasteiger partial charge in [-0.05, 0) is 25.5 Å². The van der Waals surface area contributed by atoms with Crippen molar-refractivity contribution in [1.29, 1.82) is 0 Å². The van der Waals surface area contributed by atoms with Crippen molar-refractivity contribution in [3.05, 3.63) is 51.8 Å². The van der Waals surface area contributed by atoms with Crippen LogP contribution in [-0.4, -0.2) is 33.4 Å². The van der Waals surface area contributed by atoms with E-state index in [1.54, 1.807) is 16.7 Å². The maximum absolute atomic E-state index is 12.3. The average Bonchev–Trinajstić information content (AvgIpc) is 2.75. The molecular weight excluding hydrogens is 330 g/mol. The minimum atomic E-state index is 0.115. The normalized spacial score (nSPS) is 10.8. The number of halogens is 1. The Balaban J connectivity index is 1.87. The third kappa shape index (κ3) is 4.52. The second-order valence-electron chi connectivity index (χ2n) is 5.61. The van der Waals surface area contributed by atoms with E-state index in [4.69, 9.17) is 11.6 Å². The van der Waals surface area contributed by atoms with E-state index < -0.39 is 0 Å². The van der Waals surface area contributed by atoms with Crippen LogP contribution in [0.3, 0.4) is 0 Å². The van der Waals surface area contributed by atoms with Gasteiger partial charge in [0, 0.05) is 42.7 Å². The first-order valence-electron chi connectivity index (χ1n) is 7.44. The van der Waals surface area contributed by atoms with Gasteiger partial charge in [0.2, 0.25) is 5.91 Å². The number of carbonyl (C=O) groups is 1. The minimum absolute atomic E-state index is 0.115. The number of aryl methyl sites for hydroxylation is 2. The maximum Gasteiger partial charge on any atom is 0.232 e. The van der Waals surface area contributed by atoms with Gasteiger partial charge in [0.05, 0.1) is 11.4 Å². The molecule has 0 aliphatic rings. The monoisotopic (exact) mass is 351 g/mol. The molecule has 0 radical (unpaired) electrons. The Hall–Kier alpha value is -1.46. The van der Waals surface area contributed by atoms with Crippen LogP contribution < -0.4 is 0 Å². The number of nitrogens with zero attached hydrogens (tertiary/aromatic N) is 3. The number of hydrogen-bond donors (Lipinski definition) is 0. The topological polar surface area (TPSA) is 38.1 Å². The molecule has 1 amide bonds. The van der Waals surface area contributed by atoms with Gasteiger partial charge < -0.3 is 4.90 Å². The Morgan fingerprint density at radius 3 is 2.65 bits per heavy atom.